The molecule has 0 spiro atoms. The third-order valence-corrected chi connectivity index (χ3v) is 5.43. The van der Waals surface area contributed by atoms with E-state index >= 15 is 0 Å². The number of carbonyl (C=O) groups is 1. The van der Waals surface area contributed by atoms with Gasteiger partial charge in [-0.1, -0.05) is 24.3 Å². The maximum absolute atomic E-state index is 14.4. The molecule has 1 aliphatic carbocycles. The third-order valence-electron chi connectivity index (χ3n) is 5.43. The largest absolute Gasteiger partial charge is 0.307 e. The van der Waals surface area contributed by atoms with E-state index in [9.17, 15) is 9.18 Å². The van der Waals surface area contributed by atoms with Crippen LogP contribution in [0.1, 0.15) is 46.2 Å². The zero-order chi connectivity index (χ0) is 19.8. The van der Waals surface area contributed by atoms with Crippen molar-refractivity contribution >= 4 is 11.6 Å². The summed E-state index contributed by atoms with van der Waals surface area (Å²) in [5.74, 6) is -0.454. The Bertz CT molecular complexity index is 1050. The van der Waals surface area contributed by atoms with E-state index in [0.29, 0.717) is 17.9 Å². The highest BCUT2D eigenvalue weighted by molar-refractivity contribution is 6.06. The molecular weight excluding hydrogens is 353 g/mol. The predicted molar refractivity (Wildman–Crippen MR) is 109 cm³/mol. The molecular formula is C23H24FN3O. The summed E-state index contributed by atoms with van der Waals surface area (Å²) in [5, 5.41) is 4.59. The molecule has 3 aromatic rings. The summed E-state index contributed by atoms with van der Waals surface area (Å²) in [5.41, 5.74) is 5.80. The molecule has 2 aromatic carbocycles. The Morgan fingerprint density at radius 2 is 1.96 bits per heavy atom. The highest BCUT2D eigenvalue weighted by atomic mass is 19.1. The fraction of sp³-hybridized carbons (Fsp3) is 0.304. The first-order valence-electron chi connectivity index (χ1n) is 9.76. The first kappa shape index (κ1) is 18.4. The number of aryl methyl sites for hydroxylation is 2. The van der Waals surface area contributed by atoms with E-state index in [1.54, 1.807) is 27.8 Å². The van der Waals surface area contributed by atoms with Gasteiger partial charge in [-0.05, 0) is 69.4 Å². The second kappa shape index (κ2) is 7.23. The molecule has 0 fully saturated rings. The van der Waals surface area contributed by atoms with E-state index in [1.807, 2.05) is 39.0 Å². The molecule has 1 aliphatic rings. The van der Waals surface area contributed by atoms with Gasteiger partial charge in [-0.3, -0.25) is 4.79 Å². The summed E-state index contributed by atoms with van der Waals surface area (Å²) >= 11 is 0. The van der Waals surface area contributed by atoms with Crippen molar-refractivity contribution in [1.29, 1.82) is 0 Å². The standard InChI is InChI=1S/C23H24FN3O/c1-4-26(21-14-15(2)12-13-16(21)3)23(28)22-17-8-7-11-19(17)27(25-22)20-10-6-5-9-18(20)24/h5-6,9-10,12-14H,4,7-8,11H2,1-3H3. The van der Waals surface area contributed by atoms with Crippen LogP contribution in [0.5, 0.6) is 0 Å². The molecule has 0 N–H and O–H groups in total. The number of halogens is 1. The Kier molecular flexibility index (Phi) is 4.75. The lowest BCUT2D eigenvalue weighted by molar-refractivity contribution is 0.0982. The Morgan fingerprint density at radius 1 is 1.18 bits per heavy atom. The van der Waals surface area contributed by atoms with Gasteiger partial charge in [-0.25, -0.2) is 9.07 Å². The summed E-state index contributed by atoms with van der Waals surface area (Å²) in [4.78, 5) is 15.3. The van der Waals surface area contributed by atoms with E-state index in [2.05, 4.69) is 5.10 Å². The molecule has 1 amide bonds. The molecule has 0 saturated heterocycles. The second-order valence-corrected chi connectivity index (χ2v) is 7.33. The lowest BCUT2D eigenvalue weighted by Crippen LogP contribution is -2.32. The fourth-order valence-electron chi connectivity index (χ4n) is 3.99. The fourth-order valence-corrected chi connectivity index (χ4v) is 3.99. The molecule has 5 heteroatoms. The van der Waals surface area contributed by atoms with Gasteiger partial charge in [0.2, 0.25) is 0 Å². The molecule has 0 unspecified atom stereocenters. The van der Waals surface area contributed by atoms with Gasteiger partial charge < -0.3 is 4.90 Å². The SMILES string of the molecule is CCN(C(=O)c1nn(-c2ccccc2F)c2c1CCC2)c1cc(C)ccc1C. The van der Waals surface area contributed by atoms with E-state index in [4.69, 9.17) is 0 Å². The number of fused-ring (bicyclic) bond motifs is 1. The smallest absolute Gasteiger partial charge is 0.279 e. The van der Waals surface area contributed by atoms with Crippen LogP contribution in [0.3, 0.4) is 0 Å². The maximum atomic E-state index is 14.4. The number of nitrogens with zero attached hydrogens (tertiary/aromatic N) is 3. The molecule has 144 valence electrons. The van der Waals surface area contributed by atoms with Crippen LogP contribution < -0.4 is 4.90 Å². The van der Waals surface area contributed by atoms with E-state index < -0.39 is 0 Å². The van der Waals surface area contributed by atoms with Crippen molar-refractivity contribution in [2.45, 2.75) is 40.0 Å². The molecule has 0 atom stereocenters. The molecule has 0 bridgehead atoms. The molecule has 4 rings (SSSR count). The van der Waals surface area contributed by atoms with Crippen molar-refractivity contribution < 1.29 is 9.18 Å². The van der Waals surface area contributed by atoms with Gasteiger partial charge in [0.05, 0.1) is 0 Å². The Labute approximate surface area is 164 Å². The van der Waals surface area contributed by atoms with Gasteiger partial charge >= 0.3 is 0 Å². The van der Waals surface area contributed by atoms with Crippen LogP contribution in [0.15, 0.2) is 42.5 Å². The summed E-state index contributed by atoms with van der Waals surface area (Å²) in [6.45, 7) is 6.54. The number of anilines is 1. The summed E-state index contributed by atoms with van der Waals surface area (Å²) < 4.78 is 16.0. The van der Waals surface area contributed by atoms with Crippen molar-refractivity contribution in [2.75, 3.05) is 11.4 Å². The first-order chi connectivity index (χ1) is 13.5. The van der Waals surface area contributed by atoms with Gasteiger partial charge in [0.25, 0.3) is 5.91 Å². The van der Waals surface area contributed by atoms with Gasteiger partial charge in [0, 0.05) is 23.5 Å². The van der Waals surface area contributed by atoms with Crippen molar-refractivity contribution in [1.82, 2.24) is 9.78 Å². The molecule has 0 radical (unpaired) electrons. The minimum Gasteiger partial charge on any atom is -0.307 e. The Balaban J connectivity index is 1.81. The third kappa shape index (κ3) is 3.01. The van der Waals surface area contributed by atoms with E-state index in [1.165, 1.54) is 6.07 Å². The molecule has 0 saturated carbocycles. The molecule has 1 aromatic heterocycles. The summed E-state index contributed by atoms with van der Waals surface area (Å²) in [6, 6.07) is 12.7. The van der Waals surface area contributed by atoms with Crippen molar-refractivity contribution in [3.05, 3.63) is 76.4 Å². The minimum absolute atomic E-state index is 0.121. The van der Waals surface area contributed by atoms with Gasteiger partial charge in [-0.15, -0.1) is 0 Å². The quantitative estimate of drug-likeness (QED) is 0.656. The van der Waals surface area contributed by atoms with Crippen LogP contribution in [0.25, 0.3) is 5.69 Å². The van der Waals surface area contributed by atoms with Crippen molar-refractivity contribution in [3.8, 4) is 5.69 Å². The van der Waals surface area contributed by atoms with Gasteiger partial charge in [-0.2, -0.15) is 5.10 Å². The van der Waals surface area contributed by atoms with Crippen LogP contribution in [-0.4, -0.2) is 22.2 Å². The number of benzene rings is 2. The number of para-hydroxylation sites is 1. The van der Waals surface area contributed by atoms with Crippen LogP contribution >= 0.6 is 0 Å². The van der Waals surface area contributed by atoms with Crippen LogP contribution in [-0.2, 0) is 12.8 Å². The summed E-state index contributed by atoms with van der Waals surface area (Å²) in [7, 11) is 0. The molecule has 0 aliphatic heterocycles. The predicted octanol–water partition coefficient (Wildman–Crippen LogP) is 4.78. The average Bonchev–Trinajstić information content (AvgIpc) is 3.28. The Morgan fingerprint density at radius 3 is 2.71 bits per heavy atom. The Hall–Kier alpha value is -2.95. The topological polar surface area (TPSA) is 38.1 Å². The lowest BCUT2D eigenvalue weighted by Gasteiger charge is -2.23. The normalized spacial score (nSPS) is 12.9. The van der Waals surface area contributed by atoms with Crippen LogP contribution in [0.4, 0.5) is 10.1 Å². The zero-order valence-electron chi connectivity index (χ0n) is 16.5. The number of hydrogen-bond donors (Lipinski definition) is 0. The number of aromatic nitrogens is 2. The molecule has 28 heavy (non-hydrogen) atoms. The highest BCUT2D eigenvalue weighted by Gasteiger charge is 2.30. The van der Waals surface area contributed by atoms with E-state index in [0.717, 1.165) is 47.3 Å². The number of rotatable bonds is 4. The van der Waals surface area contributed by atoms with Crippen molar-refractivity contribution in [3.63, 3.8) is 0 Å². The zero-order valence-corrected chi connectivity index (χ0v) is 16.5. The first-order valence-corrected chi connectivity index (χ1v) is 9.76. The maximum Gasteiger partial charge on any atom is 0.279 e. The van der Waals surface area contributed by atoms with Crippen molar-refractivity contribution in [2.24, 2.45) is 0 Å². The average molecular weight is 377 g/mol. The number of carbonyl (C=O) groups excluding carboxylic acids is 1. The summed E-state index contributed by atoms with van der Waals surface area (Å²) in [6.07, 6.45) is 2.56. The number of amides is 1. The highest BCUT2D eigenvalue weighted by Crippen LogP contribution is 2.31. The minimum atomic E-state index is -0.333. The van der Waals surface area contributed by atoms with Crippen LogP contribution in [0, 0.1) is 19.7 Å². The van der Waals surface area contributed by atoms with Crippen LogP contribution in [0.2, 0.25) is 0 Å². The van der Waals surface area contributed by atoms with E-state index in [-0.39, 0.29) is 11.7 Å². The molecule has 4 nitrogen and oxygen atoms in total. The van der Waals surface area contributed by atoms with Gasteiger partial charge in [0.1, 0.15) is 11.5 Å². The lowest BCUT2D eigenvalue weighted by atomic mass is 10.1. The van der Waals surface area contributed by atoms with Gasteiger partial charge in [0.15, 0.2) is 5.69 Å². The monoisotopic (exact) mass is 377 g/mol. The second-order valence-electron chi connectivity index (χ2n) is 7.33. The molecule has 1 heterocycles. The number of hydrogen-bond acceptors (Lipinski definition) is 2.